The summed E-state index contributed by atoms with van der Waals surface area (Å²) in [5, 5.41) is 12.7. The van der Waals surface area contributed by atoms with Crippen molar-refractivity contribution >= 4 is 41.4 Å². The van der Waals surface area contributed by atoms with E-state index in [1.807, 2.05) is 88.7 Å². The van der Waals surface area contributed by atoms with Crippen molar-refractivity contribution in [3.8, 4) is 23.3 Å². The number of nitrogens with one attached hydrogen (secondary N) is 1. The summed E-state index contributed by atoms with van der Waals surface area (Å²) in [6, 6.07) is 34.2. The van der Waals surface area contributed by atoms with Crippen LogP contribution in [0.25, 0.3) is 0 Å². The number of methoxy groups -OCH3 is 2. The minimum Gasteiger partial charge on any atom is -0.497 e. The molecule has 4 aliphatic heterocycles. The van der Waals surface area contributed by atoms with Crippen LogP contribution in [0.2, 0.25) is 0 Å². The van der Waals surface area contributed by atoms with Gasteiger partial charge in [0.15, 0.2) is 0 Å². The summed E-state index contributed by atoms with van der Waals surface area (Å²) in [7, 11) is 2.79. The summed E-state index contributed by atoms with van der Waals surface area (Å²) in [5.74, 6) is 3.13. The molecule has 76 heavy (non-hydrogen) atoms. The average molecular weight is 1020 g/mol. The number of carbonyl (C=O) groups excluding carboxylic acids is 5. The number of aliphatic hydroxyl groups is 1. The van der Waals surface area contributed by atoms with Gasteiger partial charge >= 0.3 is 18.0 Å². The molecule has 17 nitrogen and oxygen atoms in total. The van der Waals surface area contributed by atoms with E-state index in [-0.39, 0.29) is 37.6 Å². The number of nitrogens with zero attached hydrogens (tertiary/aromatic N) is 6. The molecule has 0 bridgehead atoms. The van der Waals surface area contributed by atoms with Crippen molar-refractivity contribution in [1.82, 2.24) is 25.1 Å². The molecule has 7 atom stereocenters. The lowest BCUT2D eigenvalue weighted by Gasteiger charge is -2.46. The zero-order chi connectivity index (χ0) is 53.1. The quantitative estimate of drug-likeness (QED) is 0.104. The maximum Gasteiger partial charge on any atom is 0.329 e. The summed E-state index contributed by atoms with van der Waals surface area (Å²) in [4.78, 5) is 93.3. The molecule has 5 heterocycles. The number of esters is 2. The Balaban J connectivity index is 1.25. The Labute approximate surface area is 440 Å². The van der Waals surface area contributed by atoms with Gasteiger partial charge in [0.05, 0.1) is 44.5 Å². The second-order valence-corrected chi connectivity index (χ2v) is 19.3. The highest BCUT2D eigenvalue weighted by molar-refractivity contribution is 6.25. The van der Waals surface area contributed by atoms with Crippen molar-refractivity contribution in [2.45, 2.75) is 49.5 Å². The van der Waals surface area contributed by atoms with E-state index >= 15 is 19.2 Å². The van der Waals surface area contributed by atoms with E-state index in [0.29, 0.717) is 52.8 Å². The predicted molar refractivity (Wildman–Crippen MR) is 280 cm³/mol. The second-order valence-electron chi connectivity index (χ2n) is 19.3. The lowest BCUT2D eigenvalue weighted by Crippen LogP contribution is -2.60. The van der Waals surface area contributed by atoms with E-state index in [2.05, 4.69) is 27.1 Å². The van der Waals surface area contributed by atoms with Crippen molar-refractivity contribution in [2.75, 3.05) is 63.4 Å². The van der Waals surface area contributed by atoms with Crippen LogP contribution in [0.4, 0.5) is 16.4 Å². The number of hydrogen-bond donors (Lipinski definition) is 2. The molecule has 4 aliphatic rings. The van der Waals surface area contributed by atoms with Crippen molar-refractivity contribution in [1.29, 1.82) is 0 Å². The first-order chi connectivity index (χ1) is 37.0. The Bertz CT molecular complexity index is 3180. The van der Waals surface area contributed by atoms with Crippen LogP contribution in [0.3, 0.4) is 0 Å². The molecule has 17 heteroatoms. The summed E-state index contributed by atoms with van der Waals surface area (Å²) < 4.78 is 23.3. The fourth-order valence-electron chi connectivity index (χ4n) is 11.3. The second kappa shape index (κ2) is 21.7. The Morgan fingerprint density at radius 1 is 0.763 bits per heavy atom. The molecule has 3 fully saturated rings. The molecule has 0 radical (unpaired) electrons. The van der Waals surface area contributed by atoms with Gasteiger partial charge in [-0.15, -0.1) is 0 Å². The van der Waals surface area contributed by atoms with Crippen molar-refractivity contribution < 1.29 is 48.0 Å². The fourth-order valence-corrected chi connectivity index (χ4v) is 11.3. The number of hydrogen-bond acceptors (Lipinski definition) is 14. The molecule has 4 amide bonds. The third-order valence-electron chi connectivity index (χ3n) is 14.7. The van der Waals surface area contributed by atoms with Gasteiger partial charge in [-0.05, 0) is 88.8 Å². The van der Waals surface area contributed by atoms with Crippen LogP contribution >= 0.6 is 0 Å². The van der Waals surface area contributed by atoms with Gasteiger partial charge in [0.25, 0.3) is 0 Å². The third-order valence-corrected chi connectivity index (χ3v) is 14.7. The van der Waals surface area contributed by atoms with E-state index in [1.165, 1.54) is 7.11 Å². The number of aromatic nitrogens is 2. The maximum absolute atomic E-state index is 17.0. The molecule has 1 spiro atoms. The minimum absolute atomic E-state index is 0.0507. The Hall–Kier alpha value is -8.59. The lowest BCUT2D eigenvalue weighted by atomic mass is 9.64. The predicted octanol–water partition coefficient (Wildman–Crippen LogP) is 6.18. The summed E-state index contributed by atoms with van der Waals surface area (Å²) in [6.45, 7) is 4.15. The van der Waals surface area contributed by atoms with Gasteiger partial charge < -0.3 is 39.2 Å². The number of ether oxygens (including phenoxy) is 4. The van der Waals surface area contributed by atoms with Crippen molar-refractivity contribution in [2.24, 2.45) is 11.8 Å². The largest absolute Gasteiger partial charge is 0.497 e. The van der Waals surface area contributed by atoms with Crippen LogP contribution in [-0.4, -0.2) is 120 Å². The number of urea groups is 1. The van der Waals surface area contributed by atoms with E-state index in [9.17, 15) is 9.90 Å². The molecule has 1 aromatic heterocycles. The number of fused-ring (bicyclic) bond motifs is 3. The molecule has 388 valence electrons. The van der Waals surface area contributed by atoms with E-state index < -0.39 is 77.3 Å². The number of anilines is 2. The van der Waals surface area contributed by atoms with Crippen molar-refractivity contribution in [3.05, 3.63) is 179 Å². The zero-order valence-electron chi connectivity index (χ0n) is 42.4. The van der Waals surface area contributed by atoms with Crippen molar-refractivity contribution in [3.63, 3.8) is 0 Å². The molecule has 5 aromatic carbocycles. The van der Waals surface area contributed by atoms with Gasteiger partial charge in [0.2, 0.25) is 17.8 Å². The number of aliphatic hydroxyl groups excluding tert-OH is 1. The zero-order valence-corrected chi connectivity index (χ0v) is 42.4. The van der Waals surface area contributed by atoms with Gasteiger partial charge in [-0.3, -0.25) is 19.3 Å². The molecule has 0 saturated carbocycles. The number of piperazine rings is 1. The maximum atomic E-state index is 17.0. The monoisotopic (exact) mass is 1020 g/mol. The Morgan fingerprint density at radius 3 is 2.08 bits per heavy atom. The highest BCUT2D eigenvalue weighted by Gasteiger charge is 2.76. The van der Waals surface area contributed by atoms with E-state index in [4.69, 9.17) is 18.9 Å². The highest BCUT2D eigenvalue weighted by Crippen LogP contribution is 2.66. The SMILES string of the molecule is COC(=O)[C@@H](NC(=O)N1C(=O)[C@@]2(c3cc(C#Cc4ccc(OC)cc4)ccc31)[C@H](c1cccc(OCCO)c1)N1[C@H](c3ccccc3)[C@H](c3ccccc3)OC(=O)[C@H]1[C@@H]2C(=O)N1CCN(c2ncccn2)CC1)C(C)C. The van der Waals surface area contributed by atoms with Crippen LogP contribution < -0.4 is 24.6 Å². The first-order valence-electron chi connectivity index (χ1n) is 25.2. The van der Waals surface area contributed by atoms with Crippen LogP contribution in [0.1, 0.15) is 65.4 Å². The molecule has 0 aliphatic carbocycles. The number of imide groups is 1. The summed E-state index contributed by atoms with van der Waals surface area (Å²) in [5.41, 5.74) is 1.21. The smallest absolute Gasteiger partial charge is 0.329 e. The number of morpholine rings is 1. The first-order valence-corrected chi connectivity index (χ1v) is 25.2. The first kappa shape index (κ1) is 50.9. The van der Waals surface area contributed by atoms with Gasteiger partial charge in [0.1, 0.15) is 41.7 Å². The van der Waals surface area contributed by atoms with Crippen LogP contribution in [-0.2, 0) is 34.1 Å². The molecule has 6 aromatic rings. The summed E-state index contributed by atoms with van der Waals surface area (Å²) in [6.07, 6.45) is 2.33. The third kappa shape index (κ3) is 9.24. The minimum atomic E-state index is -2.13. The average Bonchev–Trinajstić information content (AvgIpc) is 3.99. The standard InChI is InChI=1S/C59H57N7O10/c1-37(2)48(54(69)74-4)62-58(72)65-46-26-23-39(20-19-38-21-24-43(73-3)25-22-38)35-45(46)59(56(65)71)47(53(68)63-29-31-64(32-30-63)57-60-27-12-28-61-57)50-55(70)76-51(41-15-9-6-10-16-41)49(40-13-7-5-8-14-40)66(50)52(59)42-17-11-18-44(36-42)75-34-33-67/h5-18,21-28,35-37,47-52,67H,29-34H2,1-4H3,(H,62,72)/t47-,48+,49-,50-,51+,52+,59-/m1/s1. The van der Waals surface area contributed by atoms with E-state index in [1.54, 1.807) is 92.8 Å². The number of amides is 4. The van der Waals surface area contributed by atoms with Gasteiger partial charge in [0, 0.05) is 49.7 Å². The number of carbonyl (C=O) groups is 5. The fraction of sp³-hybridized carbons (Fsp3) is 0.305. The number of benzene rings is 5. The van der Waals surface area contributed by atoms with E-state index in [0.717, 1.165) is 10.5 Å². The van der Waals surface area contributed by atoms with Gasteiger partial charge in [-0.2, -0.15) is 0 Å². The topological polar surface area (TPSA) is 193 Å². The highest BCUT2D eigenvalue weighted by atomic mass is 16.6. The van der Waals surface area contributed by atoms with Gasteiger partial charge in [-0.25, -0.2) is 24.5 Å². The molecular weight excluding hydrogens is 967 g/mol. The van der Waals surface area contributed by atoms with Crippen LogP contribution in [0.5, 0.6) is 11.5 Å². The lowest BCUT2D eigenvalue weighted by molar-refractivity contribution is -0.179. The molecule has 2 N–H and O–H groups in total. The Morgan fingerprint density at radius 2 is 1.42 bits per heavy atom. The molecule has 10 rings (SSSR count). The molecule has 3 saturated heterocycles. The summed E-state index contributed by atoms with van der Waals surface area (Å²) >= 11 is 0. The van der Waals surface area contributed by atoms with Crippen LogP contribution in [0, 0.1) is 23.7 Å². The number of rotatable bonds is 12. The molecular formula is C59H57N7O10. The van der Waals surface area contributed by atoms with Crippen LogP contribution in [0.15, 0.2) is 146 Å². The molecule has 0 unspecified atom stereocenters. The Kier molecular flexibility index (Phi) is 14.5. The van der Waals surface area contributed by atoms with Gasteiger partial charge in [-0.1, -0.05) is 98.5 Å². The normalized spacial score (nSPS) is 22.2. The number of cyclic esters (lactones) is 1.